The first-order chi connectivity index (χ1) is 13.7. The van der Waals surface area contributed by atoms with Crippen molar-refractivity contribution in [1.29, 1.82) is 0 Å². The van der Waals surface area contributed by atoms with E-state index in [0.29, 0.717) is 24.0 Å². The van der Waals surface area contributed by atoms with Gasteiger partial charge in [-0.1, -0.05) is 36.0 Å². The summed E-state index contributed by atoms with van der Waals surface area (Å²) in [5, 5.41) is 0.712. The predicted molar refractivity (Wildman–Crippen MR) is 112 cm³/mol. The van der Waals surface area contributed by atoms with Gasteiger partial charge in [0, 0.05) is 30.5 Å². The van der Waals surface area contributed by atoms with Crippen LogP contribution in [0.3, 0.4) is 0 Å². The van der Waals surface area contributed by atoms with Crippen molar-refractivity contribution in [2.75, 3.05) is 35.8 Å². The van der Waals surface area contributed by atoms with Crippen molar-refractivity contribution in [2.24, 2.45) is 10.9 Å². The number of carbonyl (C=O) groups excluding carboxylic acids is 2. The van der Waals surface area contributed by atoms with Crippen molar-refractivity contribution in [3.63, 3.8) is 0 Å². The number of aliphatic imine (C=N–C) groups is 1. The molecule has 2 aromatic carbocycles. The third kappa shape index (κ3) is 3.62. The highest BCUT2D eigenvalue weighted by Crippen LogP contribution is 2.31. The quantitative estimate of drug-likeness (QED) is 0.798. The number of hydrogen-bond acceptors (Lipinski definition) is 5. The van der Waals surface area contributed by atoms with Gasteiger partial charge in [0.1, 0.15) is 5.75 Å². The third-order valence-electron chi connectivity index (χ3n) is 4.83. The molecule has 7 heteroatoms. The lowest BCUT2D eigenvalue weighted by molar-refractivity contribution is -0.123. The summed E-state index contributed by atoms with van der Waals surface area (Å²) in [6.07, 6.45) is 0.192. The van der Waals surface area contributed by atoms with Gasteiger partial charge >= 0.3 is 0 Å². The van der Waals surface area contributed by atoms with E-state index in [-0.39, 0.29) is 18.2 Å². The van der Waals surface area contributed by atoms with Crippen molar-refractivity contribution >= 4 is 40.1 Å². The topological polar surface area (TPSA) is 62.2 Å². The standard InChI is InChI=1S/C21H21N3O3S/c1-27-18-9-5-8-17(13-18)23-14-15(12-19(23)25)20(26)24(21-22-10-11-28-21)16-6-3-2-4-7-16/h2-9,13,15H,10-12,14H2,1H3. The summed E-state index contributed by atoms with van der Waals surface area (Å²) in [7, 11) is 1.59. The molecule has 0 spiro atoms. The molecular weight excluding hydrogens is 374 g/mol. The SMILES string of the molecule is COc1cccc(N2CC(C(=O)N(C3=NCCS3)c3ccccc3)CC2=O)c1. The molecule has 1 saturated heterocycles. The summed E-state index contributed by atoms with van der Waals surface area (Å²) < 4.78 is 5.26. The number of para-hydroxylation sites is 1. The summed E-state index contributed by atoms with van der Waals surface area (Å²) in [6, 6.07) is 16.9. The number of carbonyl (C=O) groups is 2. The molecule has 2 amide bonds. The summed E-state index contributed by atoms with van der Waals surface area (Å²) in [4.78, 5) is 33.9. The van der Waals surface area contributed by atoms with Crippen molar-refractivity contribution in [3.05, 3.63) is 54.6 Å². The van der Waals surface area contributed by atoms with Gasteiger partial charge in [0.2, 0.25) is 11.8 Å². The Hall–Kier alpha value is -2.80. The summed E-state index contributed by atoms with van der Waals surface area (Å²) in [5.41, 5.74) is 1.53. The van der Waals surface area contributed by atoms with Crippen molar-refractivity contribution < 1.29 is 14.3 Å². The van der Waals surface area contributed by atoms with Crippen LogP contribution < -0.4 is 14.5 Å². The monoisotopic (exact) mass is 395 g/mol. The highest BCUT2D eigenvalue weighted by atomic mass is 32.2. The second-order valence-corrected chi connectivity index (χ2v) is 7.69. The van der Waals surface area contributed by atoms with Crippen LogP contribution in [0.5, 0.6) is 5.75 Å². The number of anilines is 2. The van der Waals surface area contributed by atoms with Crippen LogP contribution in [0.15, 0.2) is 59.6 Å². The first-order valence-electron chi connectivity index (χ1n) is 9.18. The van der Waals surface area contributed by atoms with Crippen molar-refractivity contribution in [2.45, 2.75) is 6.42 Å². The van der Waals surface area contributed by atoms with E-state index in [1.54, 1.807) is 28.7 Å². The average molecular weight is 395 g/mol. The zero-order chi connectivity index (χ0) is 19.5. The maximum atomic E-state index is 13.4. The fraction of sp³-hybridized carbons (Fsp3) is 0.286. The van der Waals surface area contributed by atoms with Gasteiger partial charge in [-0.25, -0.2) is 0 Å². The van der Waals surface area contributed by atoms with E-state index in [0.717, 1.165) is 17.1 Å². The molecule has 28 heavy (non-hydrogen) atoms. The molecule has 0 N–H and O–H groups in total. The lowest BCUT2D eigenvalue weighted by atomic mass is 10.1. The number of amides is 2. The minimum Gasteiger partial charge on any atom is -0.497 e. The van der Waals surface area contributed by atoms with E-state index in [1.165, 1.54) is 0 Å². The van der Waals surface area contributed by atoms with Gasteiger partial charge in [-0.3, -0.25) is 19.5 Å². The molecule has 2 heterocycles. The van der Waals surface area contributed by atoms with E-state index in [9.17, 15) is 9.59 Å². The third-order valence-corrected chi connectivity index (χ3v) is 5.79. The van der Waals surface area contributed by atoms with E-state index < -0.39 is 5.92 Å². The van der Waals surface area contributed by atoms with Gasteiger partial charge in [-0.15, -0.1) is 0 Å². The molecule has 2 aliphatic rings. The maximum Gasteiger partial charge on any atom is 0.238 e. The fourth-order valence-corrected chi connectivity index (χ4v) is 4.32. The second-order valence-electron chi connectivity index (χ2n) is 6.63. The zero-order valence-electron chi connectivity index (χ0n) is 15.6. The van der Waals surface area contributed by atoms with Gasteiger partial charge in [-0.05, 0) is 24.3 Å². The Balaban J connectivity index is 1.59. The summed E-state index contributed by atoms with van der Waals surface area (Å²) >= 11 is 1.58. The number of benzene rings is 2. The number of rotatable bonds is 4. The lowest BCUT2D eigenvalue weighted by Crippen LogP contribution is -2.40. The highest BCUT2D eigenvalue weighted by Gasteiger charge is 2.39. The van der Waals surface area contributed by atoms with Crippen molar-refractivity contribution in [1.82, 2.24) is 0 Å². The molecule has 0 aromatic heterocycles. The summed E-state index contributed by atoms with van der Waals surface area (Å²) in [6.45, 7) is 1.06. The average Bonchev–Trinajstić information content (AvgIpc) is 3.39. The van der Waals surface area contributed by atoms with Gasteiger partial charge < -0.3 is 9.64 Å². The number of nitrogens with zero attached hydrogens (tertiary/aromatic N) is 3. The first kappa shape index (κ1) is 18.6. The molecule has 0 radical (unpaired) electrons. The van der Waals surface area contributed by atoms with Crippen LogP contribution in [-0.4, -0.2) is 42.9 Å². The number of amidine groups is 1. The second kappa shape index (κ2) is 8.06. The molecule has 2 aromatic rings. The van der Waals surface area contributed by atoms with E-state index in [4.69, 9.17) is 4.74 Å². The van der Waals surface area contributed by atoms with Crippen LogP contribution in [0.2, 0.25) is 0 Å². The smallest absolute Gasteiger partial charge is 0.238 e. The first-order valence-corrected chi connectivity index (χ1v) is 10.2. The van der Waals surface area contributed by atoms with Gasteiger partial charge in [0.25, 0.3) is 0 Å². The minimum atomic E-state index is -0.414. The van der Waals surface area contributed by atoms with E-state index >= 15 is 0 Å². The lowest BCUT2D eigenvalue weighted by Gasteiger charge is -2.25. The van der Waals surface area contributed by atoms with Crippen LogP contribution in [0, 0.1) is 5.92 Å². The largest absolute Gasteiger partial charge is 0.497 e. The molecule has 1 atom stereocenters. The highest BCUT2D eigenvalue weighted by molar-refractivity contribution is 8.14. The zero-order valence-corrected chi connectivity index (χ0v) is 16.4. The Morgan fingerprint density at radius 2 is 2.04 bits per heavy atom. The van der Waals surface area contributed by atoms with Gasteiger partial charge in [0.15, 0.2) is 5.17 Å². The van der Waals surface area contributed by atoms with E-state index in [2.05, 4.69) is 4.99 Å². The van der Waals surface area contributed by atoms with Crippen molar-refractivity contribution in [3.8, 4) is 5.75 Å². The molecule has 4 rings (SSSR count). The Labute approximate surface area is 168 Å². The molecule has 144 valence electrons. The van der Waals surface area contributed by atoms with E-state index in [1.807, 2.05) is 54.6 Å². The Kier molecular flexibility index (Phi) is 5.34. The number of methoxy groups -OCH3 is 1. The Morgan fingerprint density at radius 3 is 2.75 bits per heavy atom. The molecule has 0 aliphatic carbocycles. The Morgan fingerprint density at radius 1 is 1.21 bits per heavy atom. The van der Waals surface area contributed by atoms with Crippen LogP contribution in [-0.2, 0) is 9.59 Å². The number of thioether (sulfide) groups is 1. The molecule has 0 saturated carbocycles. The van der Waals surface area contributed by atoms with Crippen LogP contribution >= 0.6 is 11.8 Å². The molecule has 1 fully saturated rings. The predicted octanol–water partition coefficient (Wildman–Crippen LogP) is 3.18. The van der Waals surface area contributed by atoms with Gasteiger partial charge in [-0.2, -0.15) is 0 Å². The molecule has 1 unspecified atom stereocenters. The normalized spacial score (nSPS) is 18.9. The van der Waals surface area contributed by atoms with Crippen LogP contribution in [0.25, 0.3) is 0 Å². The molecule has 2 aliphatic heterocycles. The fourth-order valence-electron chi connectivity index (χ4n) is 3.45. The van der Waals surface area contributed by atoms with Gasteiger partial charge in [0.05, 0.1) is 25.3 Å². The summed E-state index contributed by atoms with van der Waals surface area (Å²) in [5.74, 6) is 0.995. The van der Waals surface area contributed by atoms with Crippen LogP contribution in [0.4, 0.5) is 11.4 Å². The Bertz CT molecular complexity index is 916. The van der Waals surface area contributed by atoms with Crippen LogP contribution in [0.1, 0.15) is 6.42 Å². The molecular formula is C21H21N3O3S. The number of hydrogen-bond donors (Lipinski definition) is 0. The number of ether oxygens (including phenoxy) is 1. The molecule has 0 bridgehead atoms. The molecule has 6 nitrogen and oxygen atoms in total. The minimum absolute atomic E-state index is 0.0550. The maximum absolute atomic E-state index is 13.4.